The third-order valence-corrected chi connectivity index (χ3v) is 6.20. The lowest BCUT2D eigenvalue weighted by atomic mass is 10.1. The molecule has 0 spiro atoms. The maximum absolute atomic E-state index is 12.7. The Bertz CT molecular complexity index is 588. The van der Waals surface area contributed by atoms with E-state index in [0.717, 1.165) is 41.5 Å². The molecule has 2 saturated heterocycles. The summed E-state index contributed by atoms with van der Waals surface area (Å²) >= 11 is 3.57. The molecule has 1 unspecified atom stereocenters. The zero-order valence-corrected chi connectivity index (χ0v) is 15.0. The van der Waals surface area contributed by atoms with Gasteiger partial charge in [0.2, 0.25) is 11.8 Å². The van der Waals surface area contributed by atoms with E-state index in [1.165, 1.54) is 0 Å². The minimum absolute atomic E-state index is 0.0605. The van der Waals surface area contributed by atoms with Crippen LogP contribution in [0.4, 0.5) is 0 Å². The molecule has 1 aromatic rings. The minimum atomic E-state index is -0.277. The third kappa shape index (κ3) is 4.04. The maximum atomic E-state index is 12.7. The third-order valence-electron chi connectivity index (χ3n) is 4.25. The van der Waals surface area contributed by atoms with Crippen LogP contribution in [0.3, 0.4) is 0 Å². The van der Waals surface area contributed by atoms with Crippen molar-refractivity contribution in [3.63, 3.8) is 0 Å². The molecule has 0 bridgehead atoms. The fourth-order valence-electron chi connectivity index (χ4n) is 2.99. The molecule has 0 radical (unpaired) electrons. The van der Waals surface area contributed by atoms with Crippen LogP contribution in [0.15, 0.2) is 24.3 Å². The van der Waals surface area contributed by atoms with Gasteiger partial charge >= 0.3 is 0 Å². The number of carbonyl (C=O) groups excluding carboxylic acids is 2. The number of nitrogens with zero attached hydrogens (tertiary/aromatic N) is 2. The summed E-state index contributed by atoms with van der Waals surface area (Å²) < 4.78 is 0. The molecule has 124 valence electrons. The lowest BCUT2D eigenvalue weighted by molar-refractivity contribution is -0.142. The molecule has 0 aliphatic carbocycles. The summed E-state index contributed by atoms with van der Waals surface area (Å²) in [5.74, 6) is 3.55. The van der Waals surface area contributed by atoms with Crippen LogP contribution in [0.5, 0.6) is 0 Å². The highest BCUT2D eigenvalue weighted by molar-refractivity contribution is 7.99. The van der Waals surface area contributed by atoms with E-state index in [9.17, 15) is 9.59 Å². The number of thioether (sulfide) groups is 2. The van der Waals surface area contributed by atoms with Crippen molar-refractivity contribution in [2.45, 2.75) is 19.4 Å². The maximum Gasteiger partial charge on any atom is 0.246 e. The molecule has 2 aliphatic rings. The number of hydrogen-bond acceptors (Lipinski definition) is 4. The second-order valence-corrected chi connectivity index (χ2v) is 8.21. The molecule has 2 heterocycles. The van der Waals surface area contributed by atoms with Crippen molar-refractivity contribution in [2.24, 2.45) is 0 Å². The molecule has 0 aromatic heterocycles. The van der Waals surface area contributed by atoms with Gasteiger partial charge in [-0.2, -0.15) is 11.8 Å². The van der Waals surface area contributed by atoms with Crippen LogP contribution in [-0.2, 0) is 16.0 Å². The fraction of sp³-hybridized carbons (Fsp3) is 0.529. The van der Waals surface area contributed by atoms with E-state index in [1.807, 2.05) is 47.9 Å². The van der Waals surface area contributed by atoms with Gasteiger partial charge in [0.05, 0.1) is 12.3 Å². The van der Waals surface area contributed by atoms with Crippen molar-refractivity contribution < 1.29 is 9.59 Å². The highest BCUT2D eigenvalue weighted by Gasteiger charge is 2.37. The Morgan fingerprint density at radius 1 is 1.22 bits per heavy atom. The second kappa shape index (κ2) is 7.62. The van der Waals surface area contributed by atoms with Crippen LogP contribution in [0.2, 0.25) is 0 Å². The molecule has 0 saturated carbocycles. The van der Waals surface area contributed by atoms with E-state index in [-0.39, 0.29) is 17.9 Å². The van der Waals surface area contributed by atoms with Crippen molar-refractivity contribution in [1.29, 1.82) is 0 Å². The zero-order chi connectivity index (χ0) is 16.2. The van der Waals surface area contributed by atoms with Crippen LogP contribution < -0.4 is 0 Å². The standard InChI is InChI=1S/C17H22N2O2S2/c1-13-3-2-4-14(9-13)10-16(20)19-12-23-11-15(19)17(21)18-5-7-22-8-6-18/h2-4,9,15H,5-8,10-12H2,1H3. The van der Waals surface area contributed by atoms with Gasteiger partial charge in [0.25, 0.3) is 0 Å². The van der Waals surface area contributed by atoms with Crippen LogP contribution in [0.25, 0.3) is 0 Å². The quantitative estimate of drug-likeness (QED) is 0.836. The van der Waals surface area contributed by atoms with Gasteiger partial charge in [0, 0.05) is 30.3 Å². The van der Waals surface area contributed by atoms with Crippen molar-refractivity contribution in [3.8, 4) is 0 Å². The minimum Gasteiger partial charge on any atom is -0.339 e. The molecule has 4 nitrogen and oxygen atoms in total. The van der Waals surface area contributed by atoms with Gasteiger partial charge < -0.3 is 9.80 Å². The molecule has 2 fully saturated rings. The smallest absolute Gasteiger partial charge is 0.246 e. The number of amides is 2. The average Bonchev–Trinajstić information content (AvgIpc) is 3.05. The van der Waals surface area contributed by atoms with Crippen molar-refractivity contribution in [2.75, 3.05) is 36.2 Å². The van der Waals surface area contributed by atoms with Gasteiger partial charge in [-0.1, -0.05) is 29.8 Å². The number of benzene rings is 1. The van der Waals surface area contributed by atoms with Crippen molar-refractivity contribution in [3.05, 3.63) is 35.4 Å². The fourth-order valence-corrected chi connectivity index (χ4v) is 5.06. The Balaban J connectivity index is 1.65. The summed E-state index contributed by atoms with van der Waals surface area (Å²) in [5.41, 5.74) is 2.18. The molecule has 0 N–H and O–H groups in total. The largest absolute Gasteiger partial charge is 0.339 e. The lowest BCUT2D eigenvalue weighted by Crippen LogP contribution is -2.51. The van der Waals surface area contributed by atoms with E-state index < -0.39 is 0 Å². The molecule has 6 heteroatoms. The number of rotatable bonds is 3. The van der Waals surface area contributed by atoms with E-state index in [2.05, 4.69) is 0 Å². The second-order valence-electron chi connectivity index (χ2n) is 5.98. The first kappa shape index (κ1) is 16.7. The summed E-state index contributed by atoms with van der Waals surface area (Å²) in [5, 5.41) is 0. The van der Waals surface area contributed by atoms with E-state index in [4.69, 9.17) is 0 Å². The first-order valence-corrected chi connectivity index (χ1v) is 10.3. The number of carbonyl (C=O) groups is 2. The first-order chi connectivity index (χ1) is 11.1. The lowest BCUT2D eigenvalue weighted by Gasteiger charge is -2.32. The van der Waals surface area contributed by atoms with Crippen LogP contribution >= 0.6 is 23.5 Å². The molecule has 2 amide bonds. The first-order valence-electron chi connectivity index (χ1n) is 7.94. The molecule has 23 heavy (non-hydrogen) atoms. The Hall–Kier alpha value is -1.14. The SMILES string of the molecule is Cc1cccc(CC(=O)N2CSCC2C(=O)N2CCSCC2)c1. The van der Waals surface area contributed by atoms with E-state index >= 15 is 0 Å². The van der Waals surface area contributed by atoms with Crippen LogP contribution in [-0.4, -0.2) is 63.9 Å². The van der Waals surface area contributed by atoms with Gasteiger partial charge in [-0.25, -0.2) is 0 Å². The summed E-state index contributed by atoms with van der Waals surface area (Å²) in [6.07, 6.45) is 0.377. The molecular weight excluding hydrogens is 328 g/mol. The Morgan fingerprint density at radius 2 is 2.00 bits per heavy atom. The molecular formula is C17H22N2O2S2. The molecule has 1 aromatic carbocycles. The van der Waals surface area contributed by atoms with E-state index in [0.29, 0.717) is 12.3 Å². The Kier molecular flexibility index (Phi) is 5.54. The number of aryl methyl sites for hydroxylation is 1. The highest BCUT2D eigenvalue weighted by Crippen LogP contribution is 2.24. The topological polar surface area (TPSA) is 40.6 Å². The van der Waals surface area contributed by atoms with Gasteiger partial charge in [-0.15, -0.1) is 11.8 Å². The summed E-state index contributed by atoms with van der Waals surface area (Å²) in [6.45, 7) is 3.65. The highest BCUT2D eigenvalue weighted by atomic mass is 32.2. The van der Waals surface area contributed by atoms with Crippen LogP contribution in [0.1, 0.15) is 11.1 Å². The van der Waals surface area contributed by atoms with E-state index in [1.54, 1.807) is 16.7 Å². The van der Waals surface area contributed by atoms with Crippen molar-refractivity contribution >= 4 is 35.3 Å². The zero-order valence-electron chi connectivity index (χ0n) is 13.4. The van der Waals surface area contributed by atoms with Crippen LogP contribution in [0, 0.1) is 6.92 Å². The molecule has 2 aliphatic heterocycles. The Labute approximate surface area is 146 Å². The summed E-state index contributed by atoms with van der Waals surface area (Å²) in [4.78, 5) is 29.1. The van der Waals surface area contributed by atoms with Gasteiger partial charge in [-0.3, -0.25) is 9.59 Å². The average molecular weight is 351 g/mol. The summed E-state index contributed by atoms with van der Waals surface area (Å²) in [6, 6.07) is 7.75. The Morgan fingerprint density at radius 3 is 2.74 bits per heavy atom. The van der Waals surface area contributed by atoms with Gasteiger partial charge in [-0.05, 0) is 12.5 Å². The molecule has 1 atom stereocenters. The molecule has 3 rings (SSSR count). The number of hydrogen-bond donors (Lipinski definition) is 0. The summed E-state index contributed by atoms with van der Waals surface area (Å²) in [7, 11) is 0. The monoisotopic (exact) mass is 350 g/mol. The predicted molar refractivity (Wildman–Crippen MR) is 96.7 cm³/mol. The van der Waals surface area contributed by atoms with Gasteiger partial charge in [0.1, 0.15) is 6.04 Å². The normalized spacial score (nSPS) is 21.5. The van der Waals surface area contributed by atoms with Crippen molar-refractivity contribution in [1.82, 2.24) is 9.80 Å². The van der Waals surface area contributed by atoms with Gasteiger partial charge in [0.15, 0.2) is 0 Å². The predicted octanol–water partition coefficient (Wildman–Crippen LogP) is 2.01.